The fraction of sp³-hybridized carbons (Fsp3) is 0.308. The first kappa shape index (κ1) is 14.0. The molecule has 0 radical (unpaired) electrons. The molecule has 2 rings (SSSR count). The predicted molar refractivity (Wildman–Crippen MR) is 65.4 cm³/mol. The summed E-state index contributed by atoms with van der Waals surface area (Å²) < 4.78 is 9.97. The average Bonchev–Trinajstić information content (AvgIpc) is 2.77. The van der Waals surface area contributed by atoms with Gasteiger partial charge < -0.3 is 14.3 Å². The largest absolute Gasteiger partial charge is 0.467 e. The van der Waals surface area contributed by atoms with E-state index in [1.165, 1.54) is 13.2 Å². The Morgan fingerprint density at radius 2 is 1.85 bits per heavy atom. The van der Waals surface area contributed by atoms with E-state index in [1.54, 1.807) is 18.2 Å². The SMILES string of the molecule is COCOc1ccccc1C(=O)ON1C(=O)CCC1=O. The summed E-state index contributed by atoms with van der Waals surface area (Å²) in [6, 6.07) is 6.32. The van der Waals surface area contributed by atoms with Gasteiger partial charge in [0, 0.05) is 20.0 Å². The summed E-state index contributed by atoms with van der Waals surface area (Å²) in [5.74, 6) is -1.64. The minimum atomic E-state index is -0.833. The molecule has 1 aromatic carbocycles. The molecule has 0 aliphatic carbocycles. The van der Waals surface area contributed by atoms with Crippen molar-refractivity contribution in [2.24, 2.45) is 0 Å². The number of para-hydroxylation sites is 1. The quantitative estimate of drug-likeness (QED) is 0.588. The van der Waals surface area contributed by atoms with Gasteiger partial charge in [-0.15, -0.1) is 5.06 Å². The van der Waals surface area contributed by atoms with Crippen LogP contribution < -0.4 is 4.74 Å². The normalized spacial score (nSPS) is 14.6. The van der Waals surface area contributed by atoms with Crippen LogP contribution in [-0.2, 0) is 19.2 Å². The van der Waals surface area contributed by atoms with E-state index >= 15 is 0 Å². The molecule has 0 unspecified atom stereocenters. The van der Waals surface area contributed by atoms with Crippen molar-refractivity contribution in [3.05, 3.63) is 29.8 Å². The molecule has 1 aliphatic rings. The second-order valence-electron chi connectivity index (χ2n) is 4.01. The number of rotatable bonds is 5. The van der Waals surface area contributed by atoms with Gasteiger partial charge in [0.05, 0.1) is 0 Å². The van der Waals surface area contributed by atoms with Crippen LogP contribution in [0.2, 0.25) is 0 Å². The van der Waals surface area contributed by atoms with Crippen LogP contribution >= 0.6 is 0 Å². The minimum absolute atomic E-state index is 0.0358. The number of hydrogen-bond donors (Lipinski definition) is 0. The molecule has 0 atom stereocenters. The third kappa shape index (κ3) is 2.94. The molecule has 1 saturated heterocycles. The third-order valence-electron chi connectivity index (χ3n) is 2.62. The Kier molecular flexibility index (Phi) is 4.31. The van der Waals surface area contributed by atoms with Crippen molar-refractivity contribution >= 4 is 17.8 Å². The number of benzene rings is 1. The Morgan fingerprint density at radius 3 is 2.50 bits per heavy atom. The van der Waals surface area contributed by atoms with Crippen LogP contribution in [0, 0.1) is 0 Å². The van der Waals surface area contributed by atoms with Crippen molar-refractivity contribution in [1.29, 1.82) is 0 Å². The molecule has 106 valence electrons. The molecular weight excluding hydrogens is 266 g/mol. The number of amides is 2. The van der Waals surface area contributed by atoms with Crippen molar-refractivity contribution < 1.29 is 28.7 Å². The van der Waals surface area contributed by atoms with E-state index in [1.807, 2.05) is 0 Å². The summed E-state index contributed by atoms with van der Waals surface area (Å²) in [4.78, 5) is 39.6. The van der Waals surface area contributed by atoms with Gasteiger partial charge >= 0.3 is 5.97 Å². The van der Waals surface area contributed by atoms with Crippen molar-refractivity contribution in [2.45, 2.75) is 12.8 Å². The van der Waals surface area contributed by atoms with Gasteiger partial charge in [-0.3, -0.25) is 9.59 Å². The van der Waals surface area contributed by atoms with Gasteiger partial charge in [-0.05, 0) is 12.1 Å². The highest BCUT2D eigenvalue weighted by molar-refractivity contribution is 6.03. The predicted octanol–water partition coefficient (Wildman–Crippen LogP) is 0.890. The van der Waals surface area contributed by atoms with Gasteiger partial charge in [0.1, 0.15) is 11.3 Å². The Hall–Kier alpha value is -2.41. The van der Waals surface area contributed by atoms with E-state index in [0.29, 0.717) is 5.06 Å². The molecule has 1 aromatic rings. The zero-order valence-corrected chi connectivity index (χ0v) is 10.8. The Morgan fingerprint density at radius 1 is 1.20 bits per heavy atom. The number of nitrogens with zero attached hydrogens (tertiary/aromatic N) is 1. The van der Waals surface area contributed by atoms with Crippen LogP contribution in [0.4, 0.5) is 0 Å². The molecular formula is C13H13NO6. The Bertz CT molecular complexity index is 525. The van der Waals surface area contributed by atoms with Crippen LogP contribution in [0.1, 0.15) is 23.2 Å². The first-order valence-corrected chi connectivity index (χ1v) is 5.92. The first-order valence-electron chi connectivity index (χ1n) is 5.92. The Labute approximate surface area is 115 Å². The van der Waals surface area contributed by atoms with Crippen LogP contribution in [0.3, 0.4) is 0 Å². The molecule has 0 bridgehead atoms. The molecule has 7 nitrogen and oxygen atoms in total. The van der Waals surface area contributed by atoms with Crippen LogP contribution in [0.25, 0.3) is 0 Å². The summed E-state index contributed by atoms with van der Waals surface area (Å²) >= 11 is 0. The first-order chi connectivity index (χ1) is 9.63. The monoisotopic (exact) mass is 279 g/mol. The van der Waals surface area contributed by atoms with E-state index in [2.05, 4.69) is 0 Å². The highest BCUT2D eigenvalue weighted by atomic mass is 16.7. The van der Waals surface area contributed by atoms with Gasteiger partial charge in [-0.1, -0.05) is 12.1 Å². The molecule has 7 heteroatoms. The molecule has 2 amide bonds. The molecule has 1 heterocycles. The zero-order valence-electron chi connectivity index (χ0n) is 10.8. The third-order valence-corrected chi connectivity index (χ3v) is 2.62. The van der Waals surface area contributed by atoms with E-state index < -0.39 is 17.8 Å². The van der Waals surface area contributed by atoms with Crippen LogP contribution in [0.5, 0.6) is 5.75 Å². The number of carbonyl (C=O) groups excluding carboxylic acids is 3. The van der Waals surface area contributed by atoms with Crippen molar-refractivity contribution in [1.82, 2.24) is 5.06 Å². The lowest BCUT2D eigenvalue weighted by atomic mass is 10.2. The van der Waals surface area contributed by atoms with Gasteiger partial charge in [0.15, 0.2) is 6.79 Å². The standard InChI is InChI=1S/C13H13NO6/c1-18-8-19-10-5-3-2-4-9(10)13(17)20-14-11(15)6-7-12(14)16/h2-5H,6-8H2,1H3. The second kappa shape index (κ2) is 6.16. The number of carbonyl (C=O) groups is 3. The second-order valence-corrected chi connectivity index (χ2v) is 4.01. The lowest BCUT2D eigenvalue weighted by Crippen LogP contribution is -2.32. The summed E-state index contributed by atoms with van der Waals surface area (Å²) in [6.07, 6.45) is 0.0991. The van der Waals surface area contributed by atoms with Crippen LogP contribution in [-0.4, -0.2) is 36.7 Å². The maximum absolute atomic E-state index is 12.0. The molecule has 0 saturated carbocycles. The topological polar surface area (TPSA) is 82.1 Å². The summed E-state index contributed by atoms with van der Waals surface area (Å²) in [7, 11) is 1.45. The van der Waals surface area contributed by atoms with E-state index in [4.69, 9.17) is 14.3 Å². The minimum Gasteiger partial charge on any atom is -0.467 e. The molecule has 1 fully saturated rings. The summed E-state index contributed by atoms with van der Waals surface area (Å²) in [5.41, 5.74) is 0.108. The number of imide groups is 1. The number of methoxy groups -OCH3 is 1. The van der Waals surface area contributed by atoms with Crippen molar-refractivity contribution in [3.8, 4) is 5.75 Å². The number of hydrogen-bond acceptors (Lipinski definition) is 6. The fourth-order valence-corrected chi connectivity index (χ4v) is 1.67. The number of hydroxylamine groups is 2. The van der Waals surface area contributed by atoms with Gasteiger partial charge in [-0.2, -0.15) is 0 Å². The van der Waals surface area contributed by atoms with Crippen LogP contribution in [0.15, 0.2) is 24.3 Å². The molecule has 0 N–H and O–H groups in total. The molecule has 0 aromatic heterocycles. The maximum Gasteiger partial charge on any atom is 0.367 e. The van der Waals surface area contributed by atoms with Gasteiger partial charge in [0.2, 0.25) is 0 Å². The summed E-state index contributed by atoms with van der Waals surface area (Å²) in [6.45, 7) is -0.0358. The van der Waals surface area contributed by atoms with Crippen molar-refractivity contribution in [2.75, 3.05) is 13.9 Å². The Balaban J connectivity index is 2.12. The molecule has 0 spiro atoms. The lowest BCUT2D eigenvalue weighted by Gasteiger charge is -2.14. The lowest BCUT2D eigenvalue weighted by molar-refractivity contribution is -0.172. The van der Waals surface area contributed by atoms with E-state index in [9.17, 15) is 14.4 Å². The maximum atomic E-state index is 12.0. The number of ether oxygens (including phenoxy) is 2. The molecule has 20 heavy (non-hydrogen) atoms. The van der Waals surface area contributed by atoms with Gasteiger partial charge in [0.25, 0.3) is 11.8 Å². The highest BCUT2D eigenvalue weighted by Crippen LogP contribution is 2.21. The van der Waals surface area contributed by atoms with E-state index in [-0.39, 0.29) is 30.9 Å². The van der Waals surface area contributed by atoms with Crippen molar-refractivity contribution in [3.63, 3.8) is 0 Å². The molecule has 1 aliphatic heterocycles. The van der Waals surface area contributed by atoms with E-state index in [0.717, 1.165) is 0 Å². The van der Waals surface area contributed by atoms with Gasteiger partial charge in [-0.25, -0.2) is 4.79 Å². The summed E-state index contributed by atoms with van der Waals surface area (Å²) in [5, 5.41) is 0.495. The average molecular weight is 279 g/mol. The zero-order chi connectivity index (χ0) is 14.5. The smallest absolute Gasteiger partial charge is 0.367 e. The fourth-order valence-electron chi connectivity index (χ4n) is 1.67. The highest BCUT2D eigenvalue weighted by Gasteiger charge is 2.33.